The number of fused-ring (bicyclic) bond motifs is 1. The molecule has 0 bridgehead atoms. The Bertz CT molecular complexity index is 1320. The predicted octanol–water partition coefficient (Wildman–Crippen LogP) is 4.70. The molecule has 3 rings (SSSR count). The van der Waals surface area contributed by atoms with Gasteiger partial charge in [0, 0.05) is 22.9 Å². The number of carbonyl (C=O) groups excluding carboxylic acids is 2. The second-order valence-corrected chi connectivity index (χ2v) is 11.6. The number of rotatable bonds is 11. The van der Waals surface area contributed by atoms with E-state index in [1.165, 1.54) is 4.90 Å². The molecule has 0 aromatic heterocycles. The molecule has 2 amide bonds. The van der Waals surface area contributed by atoms with Crippen LogP contribution in [0.25, 0.3) is 10.8 Å². The Hall–Kier alpha value is -2.91. The lowest BCUT2D eigenvalue weighted by atomic mass is 10.1. The number of nitrogens with zero attached hydrogens (tertiary/aromatic N) is 2. The molecule has 0 fully saturated rings. The Balaban J connectivity index is 1.96. The molecule has 0 aliphatic heterocycles. The van der Waals surface area contributed by atoms with Crippen molar-refractivity contribution >= 4 is 54.2 Å². The summed E-state index contributed by atoms with van der Waals surface area (Å²) < 4.78 is 27.7. The van der Waals surface area contributed by atoms with Crippen molar-refractivity contribution in [2.24, 2.45) is 0 Å². The van der Waals surface area contributed by atoms with Crippen molar-refractivity contribution < 1.29 is 18.0 Å². The number of hydrogen-bond donors (Lipinski definition) is 1. The van der Waals surface area contributed by atoms with Crippen LogP contribution in [0.4, 0.5) is 5.69 Å². The third-order valence-electron chi connectivity index (χ3n) is 5.95. The third-order valence-corrected chi connectivity index (χ3v) is 7.57. The summed E-state index contributed by atoms with van der Waals surface area (Å²) in [5.74, 6) is -0.741. The van der Waals surface area contributed by atoms with Gasteiger partial charge in [-0.1, -0.05) is 77.8 Å². The molecule has 1 N–H and O–H groups in total. The maximum absolute atomic E-state index is 13.7. The maximum Gasteiger partial charge on any atom is 0.244 e. The van der Waals surface area contributed by atoms with Crippen molar-refractivity contribution in [1.82, 2.24) is 10.2 Å². The van der Waals surface area contributed by atoms with Crippen molar-refractivity contribution in [2.75, 3.05) is 23.7 Å². The fourth-order valence-electron chi connectivity index (χ4n) is 3.97. The first-order valence-electron chi connectivity index (χ1n) is 11.9. The van der Waals surface area contributed by atoms with Crippen molar-refractivity contribution in [3.05, 3.63) is 76.8 Å². The Kier molecular flexibility index (Phi) is 9.50. The topological polar surface area (TPSA) is 86.8 Å². The highest BCUT2D eigenvalue weighted by Gasteiger charge is 2.30. The lowest BCUT2D eigenvalue weighted by Gasteiger charge is -2.32. The highest BCUT2D eigenvalue weighted by atomic mass is 79.9. The predicted molar refractivity (Wildman–Crippen MR) is 148 cm³/mol. The quantitative estimate of drug-likeness (QED) is 0.337. The number of hydrogen-bond acceptors (Lipinski definition) is 4. The van der Waals surface area contributed by atoms with Gasteiger partial charge < -0.3 is 10.2 Å². The molecule has 1 unspecified atom stereocenters. The van der Waals surface area contributed by atoms with Gasteiger partial charge in [-0.3, -0.25) is 13.9 Å². The molecule has 3 aromatic carbocycles. The number of amides is 2. The summed E-state index contributed by atoms with van der Waals surface area (Å²) in [6.07, 6.45) is 2.85. The van der Waals surface area contributed by atoms with Crippen molar-refractivity contribution in [3.63, 3.8) is 0 Å². The number of anilines is 1. The van der Waals surface area contributed by atoms with Crippen LogP contribution in [0.1, 0.15) is 32.3 Å². The van der Waals surface area contributed by atoms with Gasteiger partial charge in [0.15, 0.2) is 0 Å². The molecule has 0 saturated carbocycles. The molecule has 3 aromatic rings. The Morgan fingerprint density at radius 3 is 2.42 bits per heavy atom. The molecule has 0 aliphatic rings. The minimum atomic E-state index is -3.80. The number of carbonyl (C=O) groups is 2. The van der Waals surface area contributed by atoms with Crippen LogP contribution in [0.5, 0.6) is 0 Å². The lowest BCUT2D eigenvalue weighted by molar-refractivity contribution is -0.139. The summed E-state index contributed by atoms with van der Waals surface area (Å²) >= 11 is 3.45. The Labute approximate surface area is 221 Å². The molecule has 1 atom stereocenters. The van der Waals surface area contributed by atoms with Crippen LogP contribution in [-0.4, -0.2) is 50.5 Å². The first-order chi connectivity index (χ1) is 17.1. The Morgan fingerprint density at radius 2 is 1.72 bits per heavy atom. The molecule has 0 saturated heterocycles. The van der Waals surface area contributed by atoms with Crippen LogP contribution in [0, 0.1) is 0 Å². The molecule has 36 heavy (non-hydrogen) atoms. The van der Waals surface area contributed by atoms with Crippen molar-refractivity contribution in [2.45, 2.75) is 39.3 Å². The van der Waals surface area contributed by atoms with Crippen LogP contribution in [0.3, 0.4) is 0 Å². The highest BCUT2D eigenvalue weighted by molar-refractivity contribution is 9.10. The number of benzene rings is 3. The number of sulfonamides is 1. The molecule has 0 heterocycles. The van der Waals surface area contributed by atoms with Gasteiger partial charge in [0.05, 0.1) is 11.9 Å². The van der Waals surface area contributed by atoms with Gasteiger partial charge in [0.2, 0.25) is 21.8 Å². The molecule has 192 valence electrons. The summed E-state index contributed by atoms with van der Waals surface area (Å²) in [5, 5.41) is 4.47. The first kappa shape index (κ1) is 27.7. The van der Waals surface area contributed by atoms with Crippen LogP contribution in [0.2, 0.25) is 0 Å². The van der Waals surface area contributed by atoms with Gasteiger partial charge in [-0.2, -0.15) is 0 Å². The normalized spacial score (nSPS) is 12.2. The van der Waals surface area contributed by atoms with Crippen molar-refractivity contribution in [1.29, 1.82) is 0 Å². The van der Waals surface area contributed by atoms with E-state index in [4.69, 9.17) is 0 Å². The van der Waals surface area contributed by atoms with E-state index in [0.29, 0.717) is 12.2 Å². The van der Waals surface area contributed by atoms with Crippen molar-refractivity contribution in [3.8, 4) is 0 Å². The van der Waals surface area contributed by atoms with Crippen LogP contribution in [0.15, 0.2) is 71.2 Å². The molecule has 0 aliphatic carbocycles. The van der Waals surface area contributed by atoms with Gasteiger partial charge in [0.25, 0.3) is 0 Å². The van der Waals surface area contributed by atoms with E-state index in [-0.39, 0.29) is 12.5 Å². The fourth-order valence-corrected chi connectivity index (χ4v) is 5.28. The zero-order valence-electron chi connectivity index (χ0n) is 20.8. The number of nitrogens with one attached hydrogen (secondary N) is 1. The van der Waals surface area contributed by atoms with Crippen LogP contribution < -0.4 is 9.62 Å². The van der Waals surface area contributed by atoms with Crippen LogP contribution >= 0.6 is 15.9 Å². The number of unbranched alkanes of at least 4 members (excludes halogenated alkanes) is 1. The summed E-state index contributed by atoms with van der Waals surface area (Å²) in [6, 6.07) is 19.5. The van der Waals surface area contributed by atoms with E-state index in [2.05, 4.69) is 21.2 Å². The van der Waals surface area contributed by atoms with E-state index >= 15 is 0 Å². The SMILES string of the molecule is CCCCNC(=O)C(C)N(Cc1cccc(Br)c1)C(=O)CN(c1cccc2ccccc12)S(C)(=O)=O. The fraction of sp³-hybridized carbons (Fsp3) is 0.333. The highest BCUT2D eigenvalue weighted by Crippen LogP contribution is 2.28. The van der Waals surface area contributed by atoms with Gasteiger partial charge in [-0.25, -0.2) is 8.42 Å². The minimum Gasteiger partial charge on any atom is -0.354 e. The standard InChI is InChI=1S/C27H32BrN3O4S/c1-4-5-16-29-27(33)20(2)30(18-21-10-8-13-23(28)17-21)26(32)19-31(36(3,34)35)25-15-9-12-22-11-6-7-14-24(22)25/h6-15,17,20H,4-5,16,18-19H2,1-3H3,(H,29,33). The summed E-state index contributed by atoms with van der Waals surface area (Å²) in [5.41, 5.74) is 1.24. The zero-order valence-corrected chi connectivity index (χ0v) is 23.2. The molecule has 7 nitrogen and oxygen atoms in total. The first-order valence-corrected chi connectivity index (χ1v) is 14.5. The molecular formula is C27H32BrN3O4S. The molecule has 9 heteroatoms. The number of halogens is 1. The van der Waals surface area contributed by atoms with E-state index in [1.807, 2.05) is 61.5 Å². The second kappa shape index (κ2) is 12.4. The van der Waals surface area contributed by atoms with Gasteiger partial charge in [-0.15, -0.1) is 0 Å². The maximum atomic E-state index is 13.7. The largest absolute Gasteiger partial charge is 0.354 e. The van der Waals surface area contributed by atoms with Crippen LogP contribution in [-0.2, 0) is 26.2 Å². The third kappa shape index (κ3) is 7.07. The average Bonchev–Trinajstić information content (AvgIpc) is 2.84. The average molecular weight is 575 g/mol. The second-order valence-electron chi connectivity index (χ2n) is 8.74. The van der Waals surface area contributed by atoms with E-state index in [0.717, 1.165) is 44.2 Å². The lowest BCUT2D eigenvalue weighted by Crippen LogP contribution is -2.51. The van der Waals surface area contributed by atoms with E-state index in [9.17, 15) is 18.0 Å². The summed E-state index contributed by atoms with van der Waals surface area (Å²) in [7, 11) is -3.80. The van der Waals surface area contributed by atoms with Gasteiger partial charge in [-0.05, 0) is 42.5 Å². The monoisotopic (exact) mass is 573 g/mol. The molecule has 0 radical (unpaired) electrons. The molecule has 0 spiro atoms. The summed E-state index contributed by atoms with van der Waals surface area (Å²) in [4.78, 5) is 28.0. The van der Waals surface area contributed by atoms with Gasteiger partial charge in [0.1, 0.15) is 12.6 Å². The smallest absolute Gasteiger partial charge is 0.244 e. The van der Waals surface area contributed by atoms with Gasteiger partial charge >= 0.3 is 0 Å². The molecular weight excluding hydrogens is 542 g/mol. The zero-order chi connectivity index (χ0) is 26.3. The van der Waals surface area contributed by atoms with E-state index in [1.54, 1.807) is 19.1 Å². The summed E-state index contributed by atoms with van der Waals surface area (Å²) in [6.45, 7) is 3.96. The minimum absolute atomic E-state index is 0.160. The Morgan fingerprint density at radius 1 is 1.03 bits per heavy atom. The van der Waals surface area contributed by atoms with E-state index < -0.39 is 28.5 Å².